The molecule has 0 spiro atoms. The van der Waals surface area contributed by atoms with Gasteiger partial charge in [0.25, 0.3) is 0 Å². The van der Waals surface area contributed by atoms with E-state index in [1.807, 2.05) is 20.9 Å². The molecule has 0 radical (unpaired) electrons. The SMILES string of the molecule is Cc1c([C@H](C)NC(=O)Cc2c(Cl)cccc2Cl)cnn1C. The minimum absolute atomic E-state index is 0.118. The number of hydrogen-bond donors (Lipinski definition) is 1. The normalized spacial score (nSPS) is 12.2. The van der Waals surface area contributed by atoms with Crippen LogP contribution in [-0.2, 0) is 18.3 Å². The van der Waals surface area contributed by atoms with Gasteiger partial charge in [-0.1, -0.05) is 29.3 Å². The Morgan fingerprint density at radius 1 is 1.38 bits per heavy atom. The van der Waals surface area contributed by atoms with E-state index in [0.29, 0.717) is 15.6 Å². The fraction of sp³-hybridized carbons (Fsp3) is 0.333. The van der Waals surface area contributed by atoms with Crippen LogP contribution in [0.3, 0.4) is 0 Å². The lowest BCUT2D eigenvalue weighted by atomic mass is 10.1. The zero-order valence-electron chi connectivity index (χ0n) is 12.2. The number of aryl methyl sites for hydroxylation is 1. The lowest BCUT2D eigenvalue weighted by Crippen LogP contribution is -2.28. The van der Waals surface area contributed by atoms with Crippen LogP contribution in [0.2, 0.25) is 10.0 Å². The average Bonchev–Trinajstić information content (AvgIpc) is 2.74. The monoisotopic (exact) mass is 325 g/mol. The predicted molar refractivity (Wildman–Crippen MR) is 84.7 cm³/mol. The molecule has 0 bridgehead atoms. The van der Waals surface area contributed by atoms with Gasteiger partial charge in [-0.25, -0.2) is 0 Å². The lowest BCUT2D eigenvalue weighted by Gasteiger charge is -2.14. The van der Waals surface area contributed by atoms with Crippen LogP contribution in [0.4, 0.5) is 0 Å². The van der Waals surface area contributed by atoms with Gasteiger partial charge in [-0.2, -0.15) is 5.10 Å². The molecule has 0 saturated carbocycles. The summed E-state index contributed by atoms with van der Waals surface area (Å²) >= 11 is 12.2. The number of halogens is 2. The second-order valence-electron chi connectivity index (χ2n) is 4.98. The van der Waals surface area contributed by atoms with Gasteiger partial charge in [-0.3, -0.25) is 9.48 Å². The van der Waals surface area contributed by atoms with Crippen molar-refractivity contribution in [1.82, 2.24) is 15.1 Å². The summed E-state index contributed by atoms with van der Waals surface area (Å²) in [5.41, 5.74) is 2.67. The molecule has 0 aliphatic heterocycles. The molecular formula is C15H17Cl2N3O. The third kappa shape index (κ3) is 3.57. The Bertz CT molecular complexity index is 647. The number of amides is 1. The van der Waals surface area contributed by atoms with Crippen LogP contribution >= 0.6 is 23.2 Å². The van der Waals surface area contributed by atoms with E-state index in [-0.39, 0.29) is 18.4 Å². The van der Waals surface area contributed by atoms with Crippen LogP contribution < -0.4 is 5.32 Å². The van der Waals surface area contributed by atoms with Crippen molar-refractivity contribution < 1.29 is 4.79 Å². The summed E-state index contributed by atoms with van der Waals surface area (Å²) in [7, 11) is 1.87. The van der Waals surface area contributed by atoms with Gasteiger partial charge in [0.1, 0.15) is 0 Å². The molecule has 1 amide bonds. The zero-order chi connectivity index (χ0) is 15.6. The molecule has 0 fully saturated rings. The van der Waals surface area contributed by atoms with E-state index in [4.69, 9.17) is 23.2 Å². The Morgan fingerprint density at radius 3 is 2.52 bits per heavy atom. The Labute approximate surface area is 134 Å². The minimum atomic E-state index is -0.124. The number of aromatic nitrogens is 2. The zero-order valence-corrected chi connectivity index (χ0v) is 13.7. The van der Waals surface area contributed by atoms with Gasteiger partial charge in [0.05, 0.1) is 18.7 Å². The molecule has 4 nitrogen and oxygen atoms in total. The van der Waals surface area contributed by atoms with Gasteiger partial charge >= 0.3 is 0 Å². The maximum atomic E-state index is 12.2. The van der Waals surface area contributed by atoms with E-state index < -0.39 is 0 Å². The smallest absolute Gasteiger partial charge is 0.225 e. The highest BCUT2D eigenvalue weighted by atomic mass is 35.5. The largest absolute Gasteiger partial charge is 0.349 e. The molecule has 1 heterocycles. The Balaban J connectivity index is 2.07. The maximum Gasteiger partial charge on any atom is 0.225 e. The number of benzene rings is 1. The summed E-state index contributed by atoms with van der Waals surface area (Å²) in [4.78, 5) is 12.2. The van der Waals surface area contributed by atoms with Crippen molar-refractivity contribution in [3.05, 3.63) is 51.3 Å². The molecule has 112 valence electrons. The molecule has 2 aromatic rings. The van der Waals surface area contributed by atoms with Crippen LogP contribution in [-0.4, -0.2) is 15.7 Å². The van der Waals surface area contributed by atoms with Gasteiger partial charge in [-0.15, -0.1) is 0 Å². The first-order valence-corrected chi connectivity index (χ1v) is 7.36. The second kappa shape index (κ2) is 6.50. The molecule has 1 aromatic carbocycles. The first kappa shape index (κ1) is 15.9. The molecule has 0 saturated heterocycles. The van der Waals surface area contributed by atoms with E-state index in [9.17, 15) is 4.79 Å². The van der Waals surface area contributed by atoms with E-state index in [1.54, 1.807) is 29.1 Å². The number of nitrogens with zero attached hydrogens (tertiary/aromatic N) is 2. The van der Waals surface area contributed by atoms with Crippen molar-refractivity contribution in [3.8, 4) is 0 Å². The molecule has 0 aliphatic carbocycles. The topological polar surface area (TPSA) is 46.9 Å². The molecule has 1 aromatic heterocycles. The quantitative estimate of drug-likeness (QED) is 0.935. The van der Waals surface area contributed by atoms with Crippen molar-refractivity contribution in [3.63, 3.8) is 0 Å². The van der Waals surface area contributed by atoms with Crippen molar-refractivity contribution in [2.24, 2.45) is 7.05 Å². The number of carbonyl (C=O) groups is 1. The highest BCUT2D eigenvalue weighted by molar-refractivity contribution is 6.36. The van der Waals surface area contributed by atoms with Crippen molar-refractivity contribution in [1.29, 1.82) is 0 Å². The van der Waals surface area contributed by atoms with Gasteiger partial charge in [0, 0.05) is 28.4 Å². The van der Waals surface area contributed by atoms with E-state index in [0.717, 1.165) is 11.3 Å². The van der Waals surface area contributed by atoms with Crippen LogP contribution in [0, 0.1) is 6.92 Å². The Morgan fingerprint density at radius 2 is 2.00 bits per heavy atom. The summed E-state index contributed by atoms with van der Waals surface area (Å²) in [5.74, 6) is -0.124. The first-order chi connectivity index (χ1) is 9.90. The molecule has 21 heavy (non-hydrogen) atoms. The van der Waals surface area contributed by atoms with Crippen molar-refractivity contribution in [2.45, 2.75) is 26.3 Å². The molecule has 6 heteroatoms. The van der Waals surface area contributed by atoms with E-state index in [2.05, 4.69) is 10.4 Å². The summed E-state index contributed by atoms with van der Waals surface area (Å²) in [6, 6.07) is 5.09. The fourth-order valence-electron chi connectivity index (χ4n) is 2.17. The Kier molecular flexibility index (Phi) is 4.91. The van der Waals surface area contributed by atoms with Crippen molar-refractivity contribution in [2.75, 3.05) is 0 Å². The highest BCUT2D eigenvalue weighted by Gasteiger charge is 2.16. The average molecular weight is 326 g/mol. The van der Waals surface area contributed by atoms with Crippen LogP contribution in [0.5, 0.6) is 0 Å². The molecule has 2 rings (SSSR count). The maximum absolute atomic E-state index is 12.2. The second-order valence-corrected chi connectivity index (χ2v) is 5.79. The van der Waals surface area contributed by atoms with E-state index >= 15 is 0 Å². The van der Waals surface area contributed by atoms with Gasteiger partial charge < -0.3 is 5.32 Å². The third-order valence-corrected chi connectivity index (χ3v) is 4.22. The number of nitrogens with one attached hydrogen (secondary N) is 1. The van der Waals surface area contributed by atoms with Gasteiger partial charge in [-0.05, 0) is 31.5 Å². The molecule has 1 N–H and O–H groups in total. The molecule has 0 unspecified atom stereocenters. The lowest BCUT2D eigenvalue weighted by molar-refractivity contribution is -0.121. The van der Waals surface area contributed by atoms with Gasteiger partial charge in [0.2, 0.25) is 5.91 Å². The van der Waals surface area contributed by atoms with Crippen LogP contribution in [0.25, 0.3) is 0 Å². The number of carbonyl (C=O) groups excluding carboxylic acids is 1. The molecular weight excluding hydrogens is 309 g/mol. The predicted octanol–water partition coefficient (Wildman–Crippen LogP) is 3.46. The number of rotatable bonds is 4. The summed E-state index contributed by atoms with van der Waals surface area (Å²) in [5, 5.41) is 8.13. The van der Waals surface area contributed by atoms with Gasteiger partial charge in [0.15, 0.2) is 0 Å². The molecule has 0 aliphatic rings. The first-order valence-electron chi connectivity index (χ1n) is 6.61. The number of hydrogen-bond acceptors (Lipinski definition) is 2. The fourth-order valence-corrected chi connectivity index (χ4v) is 2.70. The Hall–Kier alpha value is -1.52. The summed E-state index contributed by atoms with van der Waals surface area (Å²) < 4.78 is 1.78. The minimum Gasteiger partial charge on any atom is -0.349 e. The summed E-state index contributed by atoms with van der Waals surface area (Å²) in [6.45, 7) is 3.89. The van der Waals surface area contributed by atoms with Crippen molar-refractivity contribution >= 4 is 29.1 Å². The van der Waals surface area contributed by atoms with Crippen LogP contribution in [0.15, 0.2) is 24.4 Å². The summed E-state index contributed by atoms with van der Waals surface area (Å²) in [6.07, 6.45) is 1.92. The van der Waals surface area contributed by atoms with Crippen LogP contribution in [0.1, 0.15) is 29.8 Å². The highest BCUT2D eigenvalue weighted by Crippen LogP contribution is 2.25. The van der Waals surface area contributed by atoms with E-state index in [1.165, 1.54) is 0 Å². The molecule has 1 atom stereocenters. The standard InChI is InChI=1S/C15H17Cl2N3O/c1-9(12-8-18-20(3)10(12)2)19-15(21)7-11-13(16)5-4-6-14(11)17/h4-6,8-9H,7H2,1-3H3,(H,19,21)/t9-/m0/s1. The third-order valence-electron chi connectivity index (χ3n) is 3.52.